The molecule has 0 aromatic heterocycles. The summed E-state index contributed by atoms with van der Waals surface area (Å²) in [6, 6.07) is 16.7. The van der Waals surface area contributed by atoms with Crippen molar-refractivity contribution in [2.75, 3.05) is 0 Å². The average Bonchev–Trinajstić information content (AvgIpc) is 2.81. The number of amides is 3. The molecule has 0 bridgehead atoms. The van der Waals surface area contributed by atoms with Gasteiger partial charge in [-0.25, -0.2) is 4.79 Å². The fourth-order valence-corrected chi connectivity index (χ4v) is 3.40. The number of hydrogen-bond acceptors (Lipinski definition) is 2. The van der Waals surface area contributed by atoms with Crippen LogP contribution in [0.4, 0.5) is 4.79 Å². The summed E-state index contributed by atoms with van der Waals surface area (Å²) in [5.74, 6) is -0.198. The summed E-state index contributed by atoms with van der Waals surface area (Å²) < 4.78 is 0.923. The van der Waals surface area contributed by atoms with Crippen LogP contribution in [0.2, 0.25) is 0 Å². The molecule has 1 N–H and O–H groups in total. The molecule has 3 rings (SSSR count). The van der Waals surface area contributed by atoms with Crippen LogP contribution in [0.15, 0.2) is 59.1 Å². The Labute approximate surface area is 143 Å². The maximum atomic E-state index is 13.0. The molecule has 1 aliphatic heterocycles. The monoisotopic (exact) mass is 372 g/mol. The number of benzene rings is 2. The van der Waals surface area contributed by atoms with E-state index in [0.717, 1.165) is 15.6 Å². The maximum absolute atomic E-state index is 13.0. The lowest BCUT2D eigenvalue weighted by Gasteiger charge is -2.25. The molecule has 0 spiro atoms. The molecule has 118 valence electrons. The van der Waals surface area contributed by atoms with E-state index in [4.69, 9.17) is 0 Å². The zero-order chi connectivity index (χ0) is 16.4. The highest BCUT2D eigenvalue weighted by Crippen LogP contribution is 2.33. The first-order valence-electron chi connectivity index (χ1n) is 7.51. The van der Waals surface area contributed by atoms with Gasteiger partial charge in [0.2, 0.25) is 0 Å². The highest BCUT2D eigenvalue weighted by atomic mass is 79.9. The van der Waals surface area contributed by atoms with E-state index >= 15 is 0 Å². The zero-order valence-electron chi connectivity index (χ0n) is 12.8. The van der Waals surface area contributed by atoms with Crippen LogP contribution < -0.4 is 5.32 Å². The van der Waals surface area contributed by atoms with Crippen LogP contribution >= 0.6 is 15.9 Å². The quantitative estimate of drug-likeness (QED) is 0.829. The van der Waals surface area contributed by atoms with Gasteiger partial charge in [-0.15, -0.1) is 0 Å². The van der Waals surface area contributed by atoms with Crippen molar-refractivity contribution in [3.63, 3.8) is 0 Å². The van der Waals surface area contributed by atoms with E-state index in [-0.39, 0.29) is 18.5 Å². The Morgan fingerprint density at radius 3 is 2.48 bits per heavy atom. The molecular formula is C18H17BrN2O2. The lowest BCUT2D eigenvalue weighted by atomic mass is 9.87. The molecule has 3 amide bonds. The summed E-state index contributed by atoms with van der Waals surface area (Å²) in [5.41, 5.74) is 0.755. The lowest BCUT2D eigenvalue weighted by molar-refractivity contribution is -0.132. The van der Waals surface area contributed by atoms with Crippen molar-refractivity contribution in [1.29, 1.82) is 0 Å². The minimum Gasteiger partial charge on any atom is -0.319 e. The number of carbonyl (C=O) groups excluding carboxylic acids is 2. The van der Waals surface area contributed by atoms with Crippen LogP contribution in [0.25, 0.3) is 0 Å². The van der Waals surface area contributed by atoms with Gasteiger partial charge < -0.3 is 5.32 Å². The Bertz CT molecular complexity index is 748. The van der Waals surface area contributed by atoms with E-state index in [2.05, 4.69) is 21.2 Å². The fraction of sp³-hybridized carbons (Fsp3) is 0.222. The van der Waals surface area contributed by atoms with Crippen molar-refractivity contribution < 1.29 is 9.59 Å². The van der Waals surface area contributed by atoms with Gasteiger partial charge in [0.15, 0.2) is 0 Å². The molecule has 1 saturated heterocycles. The van der Waals surface area contributed by atoms with E-state index in [9.17, 15) is 9.59 Å². The van der Waals surface area contributed by atoms with Gasteiger partial charge in [0.05, 0.1) is 6.54 Å². The van der Waals surface area contributed by atoms with Crippen LogP contribution in [-0.4, -0.2) is 16.8 Å². The van der Waals surface area contributed by atoms with Crippen molar-refractivity contribution >= 4 is 27.9 Å². The molecule has 0 saturated carbocycles. The number of imide groups is 1. The first-order valence-corrected chi connectivity index (χ1v) is 8.30. The summed E-state index contributed by atoms with van der Waals surface area (Å²) in [6.45, 7) is 2.17. The number of nitrogens with one attached hydrogen (secondary N) is 1. The second-order valence-electron chi connectivity index (χ2n) is 5.58. The third-order valence-corrected chi connectivity index (χ3v) is 4.70. The first-order chi connectivity index (χ1) is 11.1. The molecule has 1 aliphatic rings. The number of hydrogen-bond donors (Lipinski definition) is 1. The minimum absolute atomic E-state index is 0.198. The van der Waals surface area contributed by atoms with E-state index < -0.39 is 5.54 Å². The highest BCUT2D eigenvalue weighted by molar-refractivity contribution is 9.10. The van der Waals surface area contributed by atoms with Crippen LogP contribution in [-0.2, 0) is 16.9 Å². The molecule has 4 nitrogen and oxygen atoms in total. The van der Waals surface area contributed by atoms with Gasteiger partial charge in [-0.1, -0.05) is 65.3 Å². The predicted octanol–water partition coefficient (Wildman–Crippen LogP) is 3.81. The molecule has 1 fully saturated rings. The third-order valence-electron chi connectivity index (χ3n) is 4.20. The Morgan fingerprint density at radius 2 is 1.83 bits per heavy atom. The number of halogens is 1. The number of carbonyl (C=O) groups is 2. The minimum atomic E-state index is -0.968. The van der Waals surface area contributed by atoms with Crippen LogP contribution in [0.5, 0.6) is 0 Å². The molecular weight excluding hydrogens is 356 g/mol. The van der Waals surface area contributed by atoms with Crippen LogP contribution in [0.3, 0.4) is 0 Å². The average molecular weight is 373 g/mol. The number of nitrogens with zero attached hydrogens (tertiary/aromatic N) is 1. The summed E-state index contributed by atoms with van der Waals surface area (Å²) in [6.07, 6.45) is 0.510. The standard InChI is InChI=1S/C18H17BrN2O2/c1-2-18(14-8-4-3-5-9-14)16(22)21(17(23)20-18)12-13-7-6-10-15(19)11-13/h3-11H,2,12H2,1H3,(H,20,23). The van der Waals surface area contributed by atoms with Crippen LogP contribution in [0, 0.1) is 0 Å². The molecule has 0 aliphatic carbocycles. The Morgan fingerprint density at radius 1 is 1.09 bits per heavy atom. The van der Waals surface area contributed by atoms with E-state index in [1.165, 1.54) is 4.90 Å². The SMILES string of the molecule is CCC1(c2ccccc2)NC(=O)N(Cc2cccc(Br)c2)C1=O. The second-order valence-corrected chi connectivity index (χ2v) is 6.49. The van der Waals surface area contributed by atoms with Gasteiger partial charge in [-0.2, -0.15) is 0 Å². The molecule has 2 aromatic carbocycles. The Balaban J connectivity index is 1.93. The molecule has 0 radical (unpaired) electrons. The van der Waals surface area contributed by atoms with Gasteiger partial charge >= 0.3 is 6.03 Å². The van der Waals surface area contributed by atoms with Gasteiger partial charge in [0.1, 0.15) is 5.54 Å². The third kappa shape index (κ3) is 2.77. The van der Waals surface area contributed by atoms with Crippen LogP contribution in [0.1, 0.15) is 24.5 Å². The Kier molecular flexibility index (Phi) is 4.22. The lowest BCUT2D eigenvalue weighted by Crippen LogP contribution is -2.43. The molecule has 1 heterocycles. The van der Waals surface area contributed by atoms with Gasteiger partial charge in [0, 0.05) is 4.47 Å². The predicted molar refractivity (Wildman–Crippen MR) is 91.6 cm³/mol. The summed E-state index contributed by atoms with van der Waals surface area (Å²) in [4.78, 5) is 26.7. The van der Waals surface area contributed by atoms with Crippen molar-refractivity contribution in [2.45, 2.75) is 25.4 Å². The fourth-order valence-electron chi connectivity index (χ4n) is 2.95. The number of rotatable bonds is 4. The summed E-state index contributed by atoms with van der Waals surface area (Å²) in [7, 11) is 0. The largest absolute Gasteiger partial charge is 0.325 e. The molecule has 1 atom stereocenters. The number of urea groups is 1. The van der Waals surface area contributed by atoms with Gasteiger partial charge in [-0.05, 0) is 29.7 Å². The second kappa shape index (κ2) is 6.16. The topological polar surface area (TPSA) is 49.4 Å². The van der Waals surface area contributed by atoms with Gasteiger partial charge in [0.25, 0.3) is 5.91 Å². The molecule has 1 unspecified atom stereocenters. The molecule has 5 heteroatoms. The summed E-state index contributed by atoms with van der Waals surface area (Å²) >= 11 is 3.41. The van der Waals surface area contributed by atoms with E-state index in [0.29, 0.717) is 6.42 Å². The van der Waals surface area contributed by atoms with Gasteiger partial charge in [-0.3, -0.25) is 9.69 Å². The first kappa shape index (κ1) is 15.7. The molecule has 23 heavy (non-hydrogen) atoms. The zero-order valence-corrected chi connectivity index (χ0v) is 14.3. The van der Waals surface area contributed by atoms with Crippen molar-refractivity contribution in [1.82, 2.24) is 10.2 Å². The van der Waals surface area contributed by atoms with E-state index in [1.807, 2.05) is 61.5 Å². The van der Waals surface area contributed by atoms with Crippen molar-refractivity contribution in [2.24, 2.45) is 0 Å². The smallest absolute Gasteiger partial charge is 0.319 e. The summed E-state index contributed by atoms with van der Waals surface area (Å²) in [5, 5.41) is 2.89. The van der Waals surface area contributed by atoms with Crippen molar-refractivity contribution in [3.8, 4) is 0 Å². The normalized spacial score (nSPS) is 20.7. The maximum Gasteiger partial charge on any atom is 0.325 e. The molecule has 2 aromatic rings. The van der Waals surface area contributed by atoms with E-state index in [1.54, 1.807) is 0 Å². The van der Waals surface area contributed by atoms with Crippen molar-refractivity contribution in [3.05, 3.63) is 70.2 Å². The highest BCUT2D eigenvalue weighted by Gasteiger charge is 2.50. The Hall–Kier alpha value is -2.14.